The predicted molar refractivity (Wildman–Crippen MR) is 107 cm³/mol. The molecule has 0 radical (unpaired) electrons. The van der Waals surface area contributed by atoms with Crippen molar-refractivity contribution in [3.63, 3.8) is 0 Å². The molecule has 0 aliphatic heterocycles. The number of nitrogens with two attached hydrogens (primary N) is 1. The first kappa shape index (κ1) is 19.9. The SMILES string of the molecule is C[C@H]1CCCC[C@H]1NC(=O)CSc1nnc(-c2cccs2)n1CCC(N)=O. The van der Waals surface area contributed by atoms with E-state index >= 15 is 0 Å². The van der Waals surface area contributed by atoms with Gasteiger partial charge in [-0.15, -0.1) is 21.5 Å². The van der Waals surface area contributed by atoms with Gasteiger partial charge in [0.2, 0.25) is 11.8 Å². The second kappa shape index (κ2) is 9.36. The van der Waals surface area contributed by atoms with E-state index in [4.69, 9.17) is 5.73 Å². The van der Waals surface area contributed by atoms with E-state index in [0.717, 1.165) is 11.3 Å². The number of thioether (sulfide) groups is 1. The van der Waals surface area contributed by atoms with Gasteiger partial charge >= 0.3 is 0 Å². The summed E-state index contributed by atoms with van der Waals surface area (Å²) in [6.07, 6.45) is 4.85. The number of hydrogen-bond acceptors (Lipinski definition) is 6. The third kappa shape index (κ3) is 5.32. The molecular weight excluding hydrogens is 382 g/mol. The van der Waals surface area contributed by atoms with E-state index in [-0.39, 0.29) is 30.0 Å². The first-order chi connectivity index (χ1) is 13.0. The Labute approximate surface area is 167 Å². The van der Waals surface area contributed by atoms with Crippen molar-refractivity contribution in [1.82, 2.24) is 20.1 Å². The molecular formula is C18H25N5O2S2. The number of thiophene rings is 1. The van der Waals surface area contributed by atoms with E-state index in [1.165, 1.54) is 31.0 Å². The minimum atomic E-state index is -0.374. The van der Waals surface area contributed by atoms with Crippen molar-refractivity contribution in [2.45, 2.75) is 56.8 Å². The van der Waals surface area contributed by atoms with Crippen molar-refractivity contribution in [1.29, 1.82) is 0 Å². The number of amides is 2. The molecule has 0 saturated heterocycles. The summed E-state index contributed by atoms with van der Waals surface area (Å²) in [6, 6.07) is 4.17. The molecule has 0 aromatic carbocycles. The van der Waals surface area contributed by atoms with Gasteiger partial charge in [0.1, 0.15) is 0 Å². The topological polar surface area (TPSA) is 103 Å². The lowest BCUT2D eigenvalue weighted by Gasteiger charge is -2.29. The van der Waals surface area contributed by atoms with Crippen molar-refractivity contribution >= 4 is 34.9 Å². The lowest BCUT2D eigenvalue weighted by Crippen LogP contribution is -2.41. The van der Waals surface area contributed by atoms with E-state index in [1.54, 1.807) is 11.3 Å². The van der Waals surface area contributed by atoms with E-state index < -0.39 is 0 Å². The summed E-state index contributed by atoms with van der Waals surface area (Å²) in [5, 5.41) is 14.2. The molecule has 2 atom stereocenters. The van der Waals surface area contributed by atoms with Crippen molar-refractivity contribution in [3.8, 4) is 10.7 Å². The Morgan fingerprint density at radius 2 is 2.19 bits per heavy atom. The van der Waals surface area contributed by atoms with Crippen LogP contribution in [0.15, 0.2) is 22.7 Å². The quantitative estimate of drug-likeness (QED) is 0.655. The van der Waals surface area contributed by atoms with Crippen LogP contribution in [0.1, 0.15) is 39.0 Å². The second-order valence-electron chi connectivity index (χ2n) is 6.88. The van der Waals surface area contributed by atoms with Crippen LogP contribution >= 0.6 is 23.1 Å². The summed E-state index contributed by atoms with van der Waals surface area (Å²) in [7, 11) is 0. The summed E-state index contributed by atoms with van der Waals surface area (Å²) in [4.78, 5) is 24.6. The largest absolute Gasteiger partial charge is 0.370 e. The maximum absolute atomic E-state index is 12.4. The summed E-state index contributed by atoms with van der Waals surface area (Å²) in [5.41, 5.74) is 5.31. The zero-order valence-corrected chi connectivity index (χ0v) is 17.0. The highest BCUT2D eigenvalue weighted by molar-refractivity contribution is 7.99. The van der Waals surface area contributed by atoms with Gasteiger partial charge in [-0.2, -0.15) is 0 Å². The molecule has 7 nitrogen and oxygen atoms in total. The number of carbonyl (C=O) groups excluding carboxylic acids is 2. The average Bonchev–Trinajstić information content (AvgIpc) is 3.29. The lowest BCUT2D eigenvalue weighted by atomic mass is 9.86. The molecule has 27 heavy (non-hydrogen) atoms. The Morgan fingerprint density at radius 1 is 1.37 bits per heavy atom. The van der Waals surface area contributed by atoms with Gasteiger partial charge in [-0.3, -0.25) is 9.59 Å². The molecule has 0 spiro atoms. The molecule has 1 saturated carbocycles. The maximum Gasteiger partial charge on any atom is 0.230 e. The van der Waals surface area contributed by atoms with Crippen LogP contribution in [0.4, 0.5) is 0 Å². The fourth-order valence-electron chi connectivity index (χ4n) is 3.32. The Kier molecular flexibility index (Phi) is 6.89. The Hall–Kier alpha value is -1.87. The third-order valence-electron chi connectivity index (χ3n) is 4.83. The number of nitrogens with one attached hydrogen (secondary N) is 1. The van der Waals surface area contributed by atoms with Gasteiger partial charge in [0.15, 0.2) is 11.0 Å². The van der Waals surface area contributed by atoms with Crippen molar-refractivity contribution in [2.24, 2.45) is 11.7 Å². The highest BCUT2D eigenvalue weighted by Gasteiger charge is 2.23. The summed E-state index contributed by atoms with van der Waals surface area (Å²) >= 11 is 2.90. The normalized spacial score (nSPS) is 19.7. The predicted octanol–water partition coefficient (Wildman–Crippen LogP) is 2.67. The molecule has 2 aromatic rings. The standard InChI is InChI=1S/C18H25N5O2S2/c1-12-5-2-3-6-13(12)20-16(25)11-27-18-22-21-17(14-7-4-10-26-14)23(18)9-8-15(19)24/h4,7,10,12-13H,2-3,5-6,8-9,11H2,1H3,(H2,19,24)(H,20,25)/t12-,13+/m0/s1. The fraction of sp³-hybridized carbons (Fsp3) is 0.556. The highest BCUT2D eigenvalue weighted by Crippen LogP contribution is 2.28. The van der Waals surface area contributed by atoms with E-state index in [0.29, 0.717) is 23.4 Å². The molecule has 1 aliphatic carbocycles. The number of hydrogen-bond donors (Lipinski definition) is 2. The minimum Gasteiger partial charge on any atom is -0.370 e. The highest BCUT2D eigenvalue weighted by atomic mass is 32.2. The van der Waals surface area contributed by atoms with E-state index in [1.807, 2.05) is 22.1 Å². The zero-order valence-electron chi connectivity index (χ0n) is 15.4. The molecule has 1 aliphatic rings. The lowest BCUT2D eigenvalue weighted by molar-refractivity contribution is -0.120. The van der Waals surface area contributed by atoms with Crippen LogP contribution in [-0.2, 0) is 16.1 Å². The Bertz CT molecular complexity index is 775. The molecule has 3 rings (SSSR count). The van der Waals surface area contributed by atoms with Gasteiger partial charge in [-0.05, 0) is 30.2 Å². The number of rotatable bonds is 8. The van der Waals surface area contributed by atoms with Gasteiger partial charge in [0.25, 0.3) is 0 Å². The summed E-state index contributed by atoms with van der Waals surface area (Å²) < 4.78 is 1.87. The zero-order chi connectivity index (χ0) is 19.2. The maximum atomic E-state index is 12.4. The first-order valence-corrected chi connectivity index (χ1v) is 11.1. The number of nitrogens with zero attached hydrogens (tertiary/aromatic N) is 3. The van der Waals surface area contributed by atoms with Crippen LogP contribution in [0.2, 0.25) is 0 Å². The molecule has 2 heterocycles. The van der Waals surface area contributed by atoms with Crippen molar-refractivity contribution < 1.29 is 9.59 Å². The van der Waals surface area contributed by atoms with Crippen LogP contribution in [0.25, 0.3) is 10.7 Å². The number of carbonyl (C=O) groups is 2. The van der Waals surface area contributed by atoms with E-state index in [2.05, 4.69) is 22.4 Å². The fourth-order valence-corrected chi connectivity index (χ4v) is 4.81. The molecule has 3 N–H and O–H groups in total. The van der Waals surface area contributed by atoms with Crippen molar-refractivity contribution in [2.75, 3.05) is 5.75 Å². The van der Waals surface area contributed by atoms with Crippen LogP contribution in [0.5, 0.6) is 0 Å². The van der Waals surface area contributed by atoms with Gasteiger partial charge in [-0.25, -0.2) is 0 Å². The molecule has 9 heteroatoms. The molecule has 0 bridgehead atoms. The molecule has 0 unspecified atom stereocenters. The van der Waals surface area contributed by atoms with Gasteiger partial charge in [-0.1, -0.05) is 37.6 Å². The monoisotopic (exact) mass is 407 g/mol. The molecule has 1 fully saturated rings. The average molecular weight is 408 g/mol. The Balaban J connectivity index is 1.65. The van der Waals surface area contributed by atoms with Crippen LogP contribution < -0.4 is 11.1 Å². The number of primary amides is 1. The van der Waals surface area contributed by atoms with Crippen LogP contribution in [-0.4, -0.2) is 38.4 Å². The second-order valence-corrected chi connectivity index (χ2v) is 8.77. The van der Waals surface area contributed by atoms with E-state index in [9.17, 15) is 9.59 Å². The number of aromatic nitrogens is 3. The van der Waals surface area contributed by atoms with Crippen LogP contribution in [0.3, 0.4) is 0 Å². The first-order valence-electron chi connectivity index (χ1n) is 9.22. The van der Waals surface area contributed by atoms with Gasteiger partial charge < -0.3 is 15.6 Å². The third-order valence-corrected chi connectivity index (χ3v) is 6.66. The summed E-state index contributed by atoms with van der Waals surface area (Å²) in [6.45, 7) is 2.60. The van der Waals surface area contributed by atoms with Crippen molar-refractivity contribution in [3.05, 3.63) is 17.5 Å². The molecule has 2 amide bonds. The summed E-state index contributed by atoms with van der Waals surface area (Å²) in [5.74, 6) is 1.15. The molecule has 146 valence electrons. The van der Waals surface area contributed by atoms with Gasteiger partial charge in [0.05, 0.1) is 10.6 Å². The van der Waals surface area contributed by atoms with Crippen LogP contribution in [0, 0.1) is 5.92 Å². The smallest absolute Gasteiger partial charge is 0.230 e. The minimum absolute atomic E-state index is 0.0147. The molecule has 2 aromatic heterocycles. The van der Waals surface area contributed by atoms with Gasteiger partial charge in [0, 0.05) is 19.0 Å². The Morgan fingerprint density at radius 3 is 2.89 bits per heavy atom.